The summed E-state index contributed by atoms with van der Waals surface area (Å²) >= 11 is 5.97. The molecule has 9 heteroatoms. The maximum Gasteiger partial charge on any atom is 0.262 e. The molecule has 0 unspecified atom stereocenters. The van der Waals surface area contributed by atoms with Gasteiger partial charge in [0.05, 0.1) is 11.6 Å². The van der Waals surface area contributed by atoms with E-state index < -0.39 is 15.9 Å². The van der Waals surface area contributed by atoms with E-state index in [2.05, 4.69) is 5.32 Å². The van der Waals surface area contributed by atoms with Gasteiger partial charge in [-0.2, -0.15) is 0 Å². The molecule has 2 rings (SSSR count). The number of anilines is 1. The molecule has 146 valence electrons. The Kier molecular flexibility index (Phi) is 7.06. The maximum absolute atomic E-state index is 12.5. The van der Waals surface area contributed by atoms with Gasteiger partial charge in [-0.15, -0.1) is 0 Å². The molecule has 27 heavy (non-hydrogen) atoms. The van der Waals surface area contributed by atoms with Crippen molar-refractivity contribution in [3.8, 4) is 11.5 Å². The zero-order valence-electron chi connectivity index (χ0n) is 15.2. The number of para-hydroxylation sites is 1. The molecule has 2 aromatic rings. The highest BCUT2D eigenvalue weighted by Gasteiger charge is 2.23. The lowest BCUT2D eigenvalue weighted by Crippen LogP contribution is -2.24. The van der Waals surface area contributed by atoms with E-state index >= 15 is 0 Å². The zero-order valence-corrected chi connectivity index (χ0v) is 16.8. The molecule has 0 saturated heterocycles. The van der Waals surface area contributed by atoms with Crippen molar-refractivity contribution in [2.24, 2.45) is 0 Å². The summed E-state index contributed by atoms with van der Waals surface area (Å²) in [5.74, 6) is 0.153. The lowest BCUT2D eigenvalue weighted by atomic mass is 10.3. The van der Waals surface area contributed by atoms with Crippen molar-refractivity contribution in [1.82, 2.24) is 4.31 Å². The van der Waals surface area contributed by atoms with Crippen molar-refractivity contribution in [2.45, 2.75) is 11.8 Å². The van der Waals surface area contributed by atoms with Gasteiger partial charge < -0.3 is 14.8 Å². The molecule has 0 bridgehead atoms. The van der Waals surface area contributed by atoms with E-state index in [9.17, 15) is 13.2 Å². The smallest absolute Gasteiger partial charge is 0.262 e. The Morgan fingerprint density at radius 2 is 1.81 bits per heavy atom. The first-order chi connectivity index (χ1) is 12.8. The fourth-order valence-corrected chi connectivity index (χ4v) is 3.40. The standard InChI is InChI=1S/C18H21ClN2O5S/c1-4-25-16-10-9-13(11-17(16)27(23,24)21(2)3)20-18(22)12-26-15-8-6-5-7-14(15)19/h5-11H,4,12H2,1-3H3,(H,20,22). The molecule has 0 aromatic heterocycles. The second kappa shape index (κ2) is 9.07. The molecule has 2 aromatic carbocycles. The zero-order chi connectivity index (χ0) is 20.0. The highest BCUT2D eigenvalue weighted by Crippen LogP contribution is 2.29. The molecule has 0 atom stereocenters. The van der Waals surface area contributed by atoms with Gasteiger partial charge in [-0.1, -0.05) is 23.7 Å². The summed E-state index contributed by atoms with van der Waals surface area (Å²) in [6.07, 6.45) is 0. The van der Waals surface area contributed by atoms with Gasteiger partial charge in [0.2, 0.25) is 10.0 Å². The number of nitrogens with one attached hydrogen (secondary N) is 1. The maximum atomic E-state index is 12.5. The highest BCUT2D eigenvalue weighted by atomic mass is 35.5. The summed E-state index contributed by atoms with van der Waals surface area (Å²) in [6, 6.07) is 11.2. The molecule has 0 fully saturated rings. The van der Waals surface area contributed by atoms with Crippen LogP contribution in [0.3, 0.4) is 0 Å². The summed E-state index contributed by atoms with van der Waals surface area (Å²) < 4.78 is 36.9. The molecule has 0 aliphatic heterocycles. The van der Waals surface area contributed by atoms with Gasteiger partial charge in [-0.3, -0.25) is 4.79 Å². The van der Waals surface area contributed by atoms with Crippen LogP contribution in [-0.2, 0) is 14.8 Å². The largest absolute Gasteiger partial charge is 0.492 e. The van der Waals surface area contributed by atoms with Crippen molar-refractivity contribution in [1.29, 1.82) is 0 Å². The number of benzene rings is 2. The Bertz CT molecular complexity index is 916. The van der Waals surface area contributed by atoms with Crippen LogP contribution in [-0.4, -0.2) is 45.9 Å². The predicted molar refractivity (Wildman–Crippen MR) is 104 cm³/mol. The normalized spacial score (nSPS) is 11.3. The van der Waals surface area contributed by atoms with Crippen LogP contribution in [0.25, 0.3) is 0 Å². The molecule has 1 N–H and O–H groups in total. The molecule has 0 radical (unpaired) electrons. The van der Waals surface area contributed by atoms with Crippen LogP contribution in [0, 0.1) is 0 Å². The number of carbonyl (C=O) groups is 1. The number of sulfonamides is 1. The van der Waals surface area contributed by atoms with Gasteiger partial charge >= 0.3 is 0 Å². The van der Waals surface area contributed by atoms with E-state index in [0.717, 1.165) is 4.31 Å². The van der Waals surface area contributed by atoms with Gasteiger partial charge in [0.1, 0.15) is 16.4 Å². The Hall–Kier alpha value is -2.29. The van der Waals surface area contributed by atoms with Gasteiger partial charge in [-0.05, 0) is 37.3 Å². The third kappa shape index (κ3) is 5.35. The molecular weight excluding hydrogens is 392 g/mol. The highest BCUT2D eigenvalue weighted by molar-refractivity contribution is 7.89. The third-order valence-electron chi connectivity index (χ3n) is 3.48. The first-order valence-electron chi connectivity index (χ1n) is 8.12. The van der Waals surface area contributed by atoms with E-state index in [0.29, 0.717) is 23.1 Å². The molecular formula is C18H21ClN2O5S. The fraction of sp³-hybridized carbons (Fsp3) is 0.278. The predicted octanol–water partition coefficient (Wildman–Crippen LogP) is 3.01. The van der Waals surface area contributed by atoms with E-state index in [4.69, 9.17) is 21.1 Å². The Labute approximate surface area is 163 Å². The lowest BCUT2D eigenvalue weighted by molar-refractivity contribution is -0.118. The van der Waals surface area contributed by atoms with Gasteiger partial charge in [0, 0.05) is 19.8 Å². The van der Waals surface area contributed by atoms with Crippen molar-refractivity contribution >= 4 is 33.2 Å². The molecule has 0 aliphatic carbocycles. The molecule has 0 spiro atoms. The lowest BCUT2D eigenvalue weighted by Gasteiger charge is -2.16. The van der Waals surface area contributed by atoms with E-state index in [-0.39, 0.29) is 17.3 Å². The summed E-state index contributed by atoms with van der Waals surface area (Å²) in [5.41, 5.74) is 0.312. The molecule has 1 amide bonds. The molecule has 7 nitrogen and oxygen atoms in total. The summed E-state index contributed by atoms with van der Waals surface area (Å²) in [7, 11) is -0.892. The Balaban J connectivity index is 2.16. The van der Waals surface area contributed by atoms with Gasteiger partial charge in [-0.25, -0.2) is 12.7 Å². The van der Waals surface area contributed by atoms with E-state index in [1.807, 2.05) is 0 Å². The number of carbonyl (C=O) groups excluding carboxylic acids is 1. The van der Waals surface area contributed by atoms with Crippen LogP contribution in [0.1, 0.15) is 6.92 Å². The van der Waals surface area contributed by atoms with Crippen LogP contribution in [0.5, 0.6) is 11.5 Å². The first kappa shape index (κ1) is 21.0. The van der Waals surface area contributed by atoms with Crippen molar-refractivity contribution < 1.29 is 22.7 Å². The summed E-state index contributed by atoms with van der Waals surface area (Å²) in [4.78, 5) is 12.1. The van der Waals surface area contributed by atoms with Gasteiger partial charge in [0.15, 0.2) is 6.61 Å². The summed E-state index contributed by atoms with van der Waals surface area (Å²) in [5, 5.41) is 3.00. The van der Waals surface area contributed by atoms with Gasteiger partial charge in [0.25, 0.3) is 5.91 Å². The fourth-order valence-electron chi connectivity index (χ4n) is 2.16. The minimum atomic E-state index is -3.74. The number of hydrogen-bond donors (Lipinski definition) is 1. The molecule has 0 heterocycles. The molecule has 0 saturated carbocycles. The monoisotopic (exact) mass is 412 g/mol. The number of ether oxygens (including phenoxy) is 2. The second-order valence-electron chi connectivity index (χ2n) is 5.65. The average Bonchev–Trinajstić information content (AvgIpc) is 2.62. The van der Waals surface area contributed by atoms with Crippen molar-refractivity contribution in [2.75, 3.05) is 32.6 Å². The Morgan fingerprint density at radius 3 is 2.44 bits per heavy atom. The minimum absolute atomic E-state index is 0.0285. The number of nitrogens with zero attached hydrogens (tertiary/aromatic N) is 1. The SMILES string of the molecule is CCOc1ccc(NC(=O)COc2ccccc2Cl)cc1S(=O)(=O)N(C)C. The van der Waals surface area contributed by atoms with Crippen LogP contribution in [0.2, 0.25) is 5.02 Å². The number of rotatable bonds is 8. The van der Waals surface area contributed by atoms with E-state index in [1.54, 1.807) is 37.3 Å². The van der Waals surface area contributed by atoms with Crippen molar-refractivity contribution in [3.63, 3.8) is 0 Å². The van der Waals surface area contributed by atoms with Crippen LogP contribution in [0.15, 0.2) is 47.4 Å². The third-order valence-corrected chi connectivity index (χ3v) is 5.63. The number of amides is 1. The Morgan fingerprint density at radius 1 is 1.11 bits per heavy atom. The second-order valence-corrected chi connectivity index (χ2v) is 8.18. The minimum Gasteiger partial charge on any atom is -0.492 e. The quantitative estimate of drug-likeness (QED) is 0.720. The topological polar surface area (TPSA) is 84.9 Å². The number of hydrogen-bond acceptors (Lipinski definition) is 5. The summed E-state index contributed by atoms with van der Waals surface area (Å²) in [6.45, 7) is 1.80. The van der Waals surface area contributed by atoms with Crippen LogP contribution >= 0.6 is 11.6 Å². The van der Waals surface area contributed by atoms with Crippen molar-refractivity contribution in [3.05, 3.63) is 47.5 Å². The van der Waals surface area contributed by atoms with Crippen LogP contribution < -0.4 is 14.8 Å². The first-order valence-corrected chi connectivity index (χ1v) is 9.94. The molecule has 0 aliphatic rings. The number of halogens is 1. The van der Waals surface area contributed by atoms with Crippen LogP contribution in [0.4, 0.5) is 5.69 Å². The average molecular weight is 413 g/mol. The van der Waals surface area contributed by atoms with E-state index in [1.165, 1.54) is 26.2 Å².